The maximum Gasteiger partial charge on any atom is 0.407 e. The van der Waals surface area contributed by atoms with Crippen molar-refractivity contribution in [3.63, 3.8) is 0 Å². The summed E-state index contributed by atoms with van der Waals surface area (Å²) >= 11 is 0. The van der Waals surface area contributed by atoms with Gasteiger partial charge in [0.15, 0.2) is 9.03 Å². The third-order valence-electron chi connectivity index (χ3n) is 6.83. The Kier molecular flexibility index (Phi) is 12.3. The summed E-state index contributed by atoms with van der Waals surface area (Å²) in [5.74, 6) is -0.893. The first-order valence-electron chi connectivity index (χ1n) is 14.2. The Morgan fingerprint density at radius 3 is 2.17 bits per heavy atom. The molecule has 42 heavy (non-hydrogen) atoms. The van der Waals surface area contributed by atoms with E-state index in [-0.39, 0.29) is 40.4 Å². The second kappa shape index (κ2) is 16.6. The Morgan fingerprint density at radius 2 is 1.48 bits per heavy atom. The molecule has 4 rings (SSSR count). The van der Waals surface area contributed by atoms with Crippen molar-refractivity contribution in [3.05, 3.63) is 95.6 Å². The standard InChI is InChI=1S/C32H38N3O6P/c1-2-18-40-42-41-19-10-17-33-30(36)21-34-31(37)29(20-23-11-4-3-5-12-23)35-32(38)39-22-28-26-15-8-6-13-24(26)25-14-7-9-16-27(25)28/h3-9,11-16,28-29,42H,2,10,17-22H2,1H3,(H,33,36)(H,34,37)(H,35,38). The average Bonchev–Trinajstić information content (AvgIpc) is 3.34. The van der Waals surface area contributed by atoms with Gasteiger partial charge in [-0.3, -0.25) is 9.59 Å². The first-order valence-corrected chi connectivity index (χ1v) is 15.1. The van der Waals surface area contributed by atoms with Gasteiger partial charge in [-0.25, -0.2) is 4.79 Å². The van der Waals surface area contributed by atoms with E-state index in [0.29, 0.717) is 26.2 Å². The molecule has 0 radical (unpaired) electrons. The summed E-state index contributed by atoms with van der Waals surface area (Å²) in [6.45, 7) is 3.50. The zero-order chi connectivity index (χ0) is 29.6. The molecule has 0 aliphatic heterocycles. The fourth-order valence-electron chi connectivity index (χ4n) is 4.79. The van der Waals surface area contributed by atoms with Gasteiger partial charge in [-0.15, -0.1) is 0 Å². The van der Waals surface area contributed by atoms with Crippen molar-refractivity contribution in [1.82, 2.24) is 16.0 Å². The second-order valence-electron chi connectivity index (χ2n) is 9.91. The first kappa shape index (κ1) is 31.2. The highest BCUT2D eigenvalue weighted by molar-refractivity contribution is 7.26. The van der Waals surface area contributed by atoms with E-state index in [1.807, 2.05) is 73.7 Å². The molecule has 0 saturated heterocycles. The molecule has 3 amide bonds. The predicted octanol–water partition coefficient (Wildman–Crippen LogP) is 4.71. The molecule has 3 aromatic carbocycles. The van der Waals surface area contributed by atoms with Crippen molar-refractivity contribution in [2.45, 2.75) is 38.1 Å². The van der Waals surface area contributed by atoms with Crippen molar-refractivity contribution in [2.75, 3.05) is 32.9 Å². The molecule has 222 valence electrons. The molecule has 1 aliphatic carbocycles. The number of amides is 3. The molecule has 3 aromatic rings. The number of carbonyl (C=O) groups is 3. The van der Waals surface area contributed by atoms with Gasteiger partial charge in [0.2, 0.25) is 11.8 Å². The van der Waals surface area contributed by atoms with Crippen LogP contribution in [0.5, 0.6) is 0 Å². The molecule has 3 N–H and O–H groups in total. The van der Waals surface area contributed by atoms with Crippen molar-refractivity contribution >= 4 is 26.9 Å². The van der Waals surface area contributed by atoms with Gasteiger partial charge in [-0.1, -0.05) is 85.8 Å². The Morgan fingerprint density at radius 1 is 0.833 bits per heavy atom. The lowest BCUT2D eigenvalue weighted by molar-refractivity contribution is -0.127. The van der Waals surface area contributed by atoms with Crippen molar-refractivity contribution in [3.8, 4) is 11.1 Å². The zero-order valence-electron chi connectivity index (χ0n) is 23.8. The van der Waals surface area contributed by atoms with E-state index in [1.165, 1.54) is 0 Å². The van der Waals surface area contributed by atoms with E-state index in [9.17, 15) is 14.4 Å². The summed E-state index contributed by atoms with van der Waals surface area (Å²) in [4.78, 5) is 38.3. The predicted molar refractivity (Wildman–Crippen MR) is 163 cm³/mol. The van der Waals surface area contributed by atoms with E-state index in [2.05, 4.69) is 28.1 Å². The molecule has 0 bridgehead atoms. The number of alkyl carbamates (subject to hydrolysis) is 1. The maximum atomic E-state index is 13.1. The minimum Gasteiger partial charge on any atom is -0.449 e. The third-order valence-corrected chi connectivity index (χ3v) is 7.47. The quantitative estimate of drug-likeness (QED) is 0.164. The molecule has 2 unspecified atom stereocenters. The fourth-order valence-corrected chi connectivity index (χ4v) is 5.39. The summed E-state index contributed by atoms with van der Waals surface area (Å²) in [7, 11) is -0.00523. The lowest BCUT2D eigenvalue weighted by Crippen LogP contribution is -2.50. The van der Waals surface area contributed by atoms with Gasteiger partial charge in [-0.2, -0.15) is 0 Å². The molecule has 0 spiro atoms. The number of carbonyl (C=O) groups excluding carboxylic acids is 3. The highest BCUT2D eigenvalue weighted by Crippen LogP contribution is 2.44. The normalized spacial score (nSPS) is 12.9. The summed E-state index contributed by atoms with van der Waals surface area (Å²) in [5.41, 5.74) is 5.34. The number of nitrogens with one attached hydrogen (secondary N) is 3. The van der Waals surface area contributed by atoms with Crippen LogP contribution in [0.3, 0.4) is 0 Å². The SMILES string of the molecule is CCCOPOCCCNC(=O)CNC(=O)C(Cc1ccccc1)NC(=O)OCC1c2ccccc2-c2ccccc21. The van der Waals surface area contributed by atoms with E-state index >= 15 is 0 Å². The largest absolute Gasteiger partial charge is 0.449 e. The van der Waals surface area contributed by atoms with Gasteiger partial charge < -0.3 is 29.7 Å². The highest BCUT2D eigenvalue weighted by atomic mass is 31.1. The second-order valence-corrected chi connectivity index (χ2v) is 10.7. The molecule has 0 saturated carbocycles. The van der Waals surface area contributed by atoms with E-state index in [1.54, 1.807) is 0 Å². The van der Waals surface area contributed by atoms with Crippen molar-refractivity contribution < 1.29 is 28.2 Å². The summed E-state index contributed by atoms with van der Waals surface area (Å²) in [6.07, 6.45) is 1.12. The molecular formula is C32H38N3O6P. The molecule has 1 aliphatic rings. The Bertz CT molecular complexity index is 1280. The average molecular weight is 592 g/mol. The van der Waals surface area contributed by atoms with Crippen LogP contribution in [0.2, 0.25) is 0 Å². The van der Waals surface area contributed by atoms with Gasteiger partial charge in [0, 0.05) is 18.9 Å². The van der Waals surface area contributed by atoms with Crippen LogP contribution in [0.25, 0.3) is 11.1 Å². The summed E-state index contributed by atoms with van der Waals surface area (Å²) in [5, 5.41) is 8.10. The van der Waals surface area contributed by atoms with E-state index in [0.717, 1.165) is 34.2 Å². The monoisotopic (exact) mass is 591 g/mol. The fraction of sp³-hybridized carbons (Fsp3) is 0.344. The van der Waals surface area contributed by atoms with E-state index < -0.39 is 18.0 Å². The molecule has 0 aromatic heterocycles. The van der Waals surface area contributed by atoms with Crippen molar-refractivity contribution in [2.24, 2.45) is 0 Å². The van der Waals surface area contributed by atoms with Crippen LogP contribution in [0.1, 0.15) is 42.4 Å². The number of ether oxygens (including phenoxy) is 1. The maximum absolute atomic E-state index is 13.1. The van der Waals surface area contributed by atoms with Crippen LogP contribution in [-0.2, 0) is 29.8 Å². The molecule has 0 heterocycles. The number of hydrogen-bond acceptors (Lipinski definition) is 6. The smallest absolute Gasteiger partial charge is 0.407 e. The van der Waals surface area contributed by atoms with Crippen LogP contribution < -0.4 is 16.0 Å². The lowest BCUT2D eigenvalue weighted by atomic mass is 9.98. The number of hydrogen-bond donors (Lipinski definition) is 3. The Labute approximate surface area is 248 Å². The van der Waals surface area contributed by atoms with Gasteiger partial charge in [0.05, 0.1) is 19.8 Å². The lowest BCUT2D eigenvalue weighted by Gasteiger charge is -2.20. The minimum absolute atomic E-state index is 0.00523. The van der Waals surface area contributed by atoms with Gasteiger partial charge in [-0.05, 0) is 40.7 Å². The Hall–Kier alpha value is -3.78. The summed E-state index contributed by atoms with van der Waals surface area (Å²) in [6, 6.07) is 24.6. The number of fused-ring (bicyclic) bond motifs is 3. The highest BCUT2D eigenvalue weighted by Gasteiger charge is 2.30. The molecule has 2 atom stereocenters. The Balaban J connectivity index is 1.27. The van der Waals surface area contributed by atoms with Crippen molar-refractivity contribution in [1.29, 1.82) is 0 Å². The summed E-state index contributed by atoms with van der Waals surface area (Å²) < 4.78 is 16.3. The number of benzene rings is 3. The molecule has 9 nitrogen and oxygen atoms in total. The third kappa shape index (κ3) is 9.11. The van der Waals surface area contributed by atoms with E-state index in [4.69, 9.17) is 13.8 Å². The van der Waals surface area contributed by atoms with Gasteiger partial charge in [0.1, 0.15) is 12.6 Å². The zero-order valence-corrected chi connectivity index (χ0v) is 24.8. The van der Waals surface area contributed by atoms with Crippen LogP contribution in [0, 0.1) is 0 Å². The topological polar surface area (TPSA) is 115 Å². The first-order chi connectivity index (χ1) is 20.6. The van der Waals surface area contributed by atoms with Gasteiger partial charge in [0.25, 0.3) is 0 Å². The molecular weight excluding hydrogens is 553 g/mol. The molecule has 0 fully saturated rings. The van der Waals surface area contributed by atoms with Crippen LogP contribution >= 0.6 is 9.03 Å². The minimum atomic E-state index is -0.923. The van der Waals surface area contributed by atoms with Gasteiger partial charge >= 0.3 is 6.09 Å². The van der Waals surface area contributed by atoms with Crippen LogP contribution in [0.15, 0.2) is 78.9 Å². The number of rotatable bonds is 16. The van der Waals surface area contributed by atoms with Crippen LogP contribution in [-0.4, -0.2) is 56.9 Å². The van der Waals surface area contributed by atoms with Crippen LogP contribution in [0.4, 0.5) is 4.79 Å². The molecule has 10 heteroatoms.